The van der Waals surface area contributed by atoms with Crippen LogP contribution in [0.2, 0.25) is 0 Å². The van der Waals surface area contributed by atoms with Crippen LogP contribution in [0, 0.1) is 0 Å². The standard InChI is InChI=1S/C61H93NO9/c1-3-5-7-9-11-13-15-17-19-21-23-25-36-44-54(70-60(66)52-42-34-29-35-43-52)53(62-56(64)45-37-26-24-22-20-18-16-14-12-10-8-6-4-2)49-69-61-59(68-48-51-40-32-28-33-41-51)58(57(65)55(46-63)71-61)67-47-50-38-30-27-31-39-50/h27-36,38-44,53-55,57-59,61,63,65H,3-26,37,45-49H2,1-2H3,(H,62,64)/b44-36+/t53-,54+,55+,57-,58-,59+,61+/m0/s1. The first kappa shape index (κ1) is 59.7. The van der Waals surface area contributed by atoms with Gasteiger partial charge in [0, 0.05) is 6.42 Å². The van der Waals surface area contributed by atoms with Crippen molar-refractivity contribution in [3.63, 3.8) is 0 Å². The van der Waals surface area contributed by atoms with E-state index in [0.29, 0.717) is 12.0 Å². The van der Waals surface area contributed by atoms with E-state index in [1.807, 2.05) is 72.8 Å². The molecule has 0 bridgehead atoms. The van der Waals surface area contributed by atoms with Gasteiger partial charge in [0.05, 0.1) is 38.0 Å². The molecule has 1 fully saturated rings. The molecule has 4 rings (SSSR count). The van der Waals surface area contributed by atoms with E-state index in [1.165, 1.54) is 122 Å². The van der Waals surface area contributed by atoms with Crippen molar-refractivity contribution in [2.45, 2.75) is 237 Å². The molecule has 3 aromatic carbocycles. The highest BCUT2D eigenvalue weighted by Gasteiger charge is 2.48. The van der Waals surface area contributed by atoms with Crippen LogP contribution in [0.25, 0.3) is 0 Å². The van der Waals surface area contributed by atoms with Crippen LogP contribution in [0.4, 0.5) is 0 Å². The number of aliphatic hydroxyl groups excluding tert-OH is 2. The number of aliphatic hydroxyl groups is 2. The second-order valence-electron chi connectivity index (χ2n) is 19.7. The van der Waals surface area contributed by atoms with Gasteiger partial charge < -0.3 is 39.2 Å². The third-order valence-corrected chi connectivity index (χ3v) is 13.6. The van der Waals surface area contributed by atoms with Crippen LogP contribution in [-0.4, -0.2) is 78.2 Å². The Morgan fingerprint density at radius 2 is 1.04 bits per heavy atom. The third-order valence-electron chi connectivity index (χ3n) is 13.6. The van der Waals surface area contributed by atoms with Gasteiger partial charge in [0.25, 0.3) is 0 Å². The number of carbonyl (C=O) groups excluding carboxylic acids is 2. The number of unbranched alkanes of at least 4 members (excludes halogenated alkanes) is 23. The van der Waals surface area contributed by atoms with Gasteiger partial charge in [-0.15, -0.1) is 0 Å². The zero-order valence-corrected chi connectivity index (χ0v) is 43.8. The van der Waals surface area contributed by atoms with Crippen LogP contribution >= 0.6 is 0 Å². The lowest BCUT2D eigenvalue weighted by Gasteiger charge is -2.44. The first-order valence-electron chi connectivity index (χ1n) is 28.0. The Balaban J connectivity index is 1.48. The summed E-state index contributed by atoms with van der Waals surface area (Å²) in [4.78, 5) is 27.7. The first-order valence-corrected chi connectivity index (χ1v) is 28.0. The molecule has 1 aliphatic heterocycles. The smallest absolute Gasteiger partial charge is 0.338 e. The molecule has 0 radical (unpaired) electrons. The lowest BCUT2D eigenvalue weighted by Crippen LogP contribution is -2.61. The van der Waals surface area contributed by atoms with Crippen molar-refractivity contribution in [3.05, 3.63) is 120 Å². The van der Waals surface area contributed by atoms with Gasteiger partial charge >= 0.3 is 5.97 Å². The number of hydrogen-bond donors (Lipinski definition) is 3. The van der Waals surface area contributed by atoms with Gasteiger partial charge in [-0.2, -0.15) is 0 Å². The topological polar surface area (TPSA) is 133 Å². The van der Waals surface area contributed by atoms with E-state index >= 15 is 0 Å². The minimum absolute atomic E-state index is 0.130. The third kappa shape index (κ3) is 25.6. The van der Waals surface area contributed by atoms with Gasteiger partial charge in [0.15, 0.2) is 6.29 Å². The maximum atomic E-state index is 13.9. The molecule has 3 aromatic rings. The van der Waals surface area contributed by atoms with Crippen LogP contribution in [0.3, 0.4) is 0 Å². The quantitative estimate of drug-likeness (QED) is 0.0289. The zero-order valence-electron chi connectivity index (χ0n) is 43.8. The molecule has 7 atom stereocenters. The summed E-state index contributed by atoms with van der Waals surface area (Å²) >= 11 is 0. The molecule has 1 aliphatic rings. The summed E-state index contributed by atoms with van der Waals surface area (Å²) in [5, 5.41) is 25.3. The fourth-order valence-corrected chi connectivity index (χ4v) is 9.25. The number of nitrogens with one attached hydrogen (secondary N) is 1. The summed E-state index contributed by atoms with van der Waals surface area (Å²) in [6.45, 7) is 4.25. The normalized spacial score (nSPS) is 18.9. The van der Waals surface area contributed by atoms with Crippen LogP contribution in [0.1, 0.15) is 202 Å². The van der Waals surface area contributed by atoms with Crippen LogP contribution in [0.5, 0.6) is 0 Å². The second kappa shape index (κ2) is 38.7. The van der Waals surface area contributed by atoms with E-state index < -0.39 is 55.4 Å². The Morgan fingerprint density at radius 3 is 1.54 bits per heavy atom. The molecule has 0 saturated carbocycles. The van der Waals surface area contributed by atoms with Crippen LogP contribution in [0.15, 0.2) is 103 Å². The summed E-state index contributed by atoms with van der Waals surface area (Å²) in [5.41, 5.74) is 2.21. The number of hydrogen-bond acceptors (Lipinski definition) is 9. The van der Waals surface area contributed by atoms with E-state index in [2.05, 4.69) is 25.2 Å². The Labute approximate surface area is 429 Å². The van der Waals surface area contributed by atoms with Gasteiger partial charge in [-0.25, -0.2) is 4.79 Å². The summed E-state index contributed by atoms with van der Waals surface area (Å²) in [6, 6.07) is 27.4. The molecule has 1 saturated heterocycles. The lowest BCUT2D eigenvalue weighted by atomic mass is 9.98. The van der Waals surface area contributed by atoms with E-state index in [-0.39, 0.29) is 25.7 Å². The maximum Gasteiger partial charge on any atom is 0.338 e. The van der Waals surface area contributed by atoms with Crippen molar-refractivity contribution >= 4 is 11.9 Å². The van der Waals surface area contributed by atoms with Crippen LogP contribution in [-0.2, 0) is 41.7 Å². The molecular formula is C61H93NO9. The van der Waals surface area contributed by atoms with E-state index in [1.54, 1.807) is 24.3 Å². The largest absolute Gasteiger partial charge is 0.452 e. The SMILES string of the molecule is CCCCCCCCCCCCC/C=C/[C@@H](OC(=O)c1ccccc1)[C@H](CO[C@@H]1O[C@H](CO)[C@H](O)[C@H](OCc2ccccc2)[C@H]1OCc1ccccc1)NC(=O)CCCCCCCCCCCCCCC. The summed E-state index contributed by atoms with van der Waals surface area (Å²) in [6.07, 6.45) is 28.4. The van der Waals surface area contributed by atoms with E-state index in [4.69, 9.17) is 23.7 Å². The van der Waals surface area contributed by atoms with E-state index in [9.17, 15) is 19.8 Å². The van der Waals surface area contributed by atoms with E-state index in [0.717, 1.165) is 49.7 Å². The Hall–Kier alpha value is -3.90. The fourth-order valence-electron chi connectivity index (χ4n) is 9.25. The zero-order chi connectivity index (χ0) is 50.4. The Kier molecular flexibility index (Phi) is 32.5. The molecule has 10 nitrogen and oxygen atoms in total. The molecule has 10 heteroatoms. The average molecular weight is 984 g/mol. The van der Waals surface area contributed by atoms with Gasteiger partial charge in [-0.05, 0) is 48.6 Å². The highest BCUT2D eigenvalue weighted by atomic mass is 16.7. The maximum absolute atomic E-state index is 13.9. The number of ether oxygens (including phenoxy) is 5. The second-order valence-corrected chi connectivity index (χ2v) is 19.7. The molecule has 1 amide bonds. The Morgan fingerprint density at radius 1 is 0.592 bits per heavy atom. The molecule has 3 N–H and O–H groups in total. The molecule has 0 unspecified atom stereocenters. The van der Waals surface area contributed by atoms with Gasteiger partial charge in [-0.3, -0.25) is 4.79 Å². The molecule has 0 spiro atoms. The molecule has 1 heterocycles. The van der Waals surface area contributed by atoms with Gasteiger partial charge in [0.1, 0.15) is 30.5 Å². The molecular weight excluding hydrogens is 891 g/mol. The van der Waals surface area contributed by atoms with Crippen molar-refractivity contribution < 1.29 is 43.5 Å². The van der Waals surface area contributed by atoms with Gasteiger partial charge in [-0.1, -0.05) is 240 Å². The average Bonchev–Trinajstić information content (AvgIpc) is 3.40. The summed E-state index contributed by atoms with van der Waals surface area (Å²) in [7, 11) is 0. The highest BCUT2D eigenvalue weighted by molar-refractivity contribution is 5.89. The number of amides is 1. The molecule has 0 aromatic heterocycles. The predicted molar refractivity (Wildman–Crippen MR) is 286 cm³/mol. The summed E-state index contributed by atoms with van der Waals surface area (Å²) < 4.78 is 32.1. The van der Waals surface area contributed by atoms with Crippen molar-refractivity contribution in [1.29, 1.82) is 0 Å². The predicted octanol–water partition coefficient (Wildman–Crippen LogP) is 13.7. The number of benzene rings is 3. The van der Waals surface area contributed by atoms with Gasteiger partial charge in [0.2, 0.25) is 5.91 Å². The lowest BCUT2D eigenvalue weighted by molar-refractivity contribution is -0.320. The number of esters is 1. The summed E-state index contributed by atoms with van der Waals surface area (Å²) in [5.74, 6) is -0.670. The number of allylic oxidation sites excluding steroid dienone is 1. The number of carbonyl (C=O) groups is 2. The van der Waals surface area contributed by atoms with Crippen molar-refractivity contribution in [3.8, 4) is 0 Å². The monoisotopic (exact) mass is 984 g/mol. The van der Waals surface area contributed by atoms with Crippen LogP contribution < -0.4 is 5.32 Å². The molecule has 0 aliphatic carbocycles. The molecule has 71 heavy (non-hydrogen) atoms. The van der Waals surface area contributed by atoms with Crippen molar-refractivity contribution in [1.82, 2.24) is 5.32 Å². The molecule has 396 valence electrons. The minimum atomic E-state index is -1.24. The van der Waals surface area contributed by atoms with Crippen molar-refractivity contribution in [2.75, 3.05) is 13.2 Å². The van der Waals surface area contributed by atoms with Crippen molar-refractivity contribution in [2.24, 2.45) is 0 Å². The number of rotatable bonds is 41. The first-order chi connectivity index (χ1) is 34.9. The Bertz CT molecular complexity index is 1780. The minimum Gasteiger partial charge on any atom is -0.452 e. The highest BCUT2D eigenvalue weighted by Crippen LogP contribution is 2.29. The fraction of sp³-hybridized carbons (Fsp3) is 0.639.